The van der Waals surface area contributed by atoms with Crippen molar-refractivity contribution in [1.29, 1.82) is 0 Å². The van der Waals surface area contributed by atoms with E-state index in [-0.39, 0.29) is 5.41 Å². The summed E-state index contributed by atoms with van der Waals surface area (Å²) in [4.78, 5) is 0. The minimum absolute atomic E-state index is 0.200. The van der Waals surface area contributed by atoms with Crippen molar-refractivity contribution in [3.8, 4) is 0 Å². The second-order valence-electron chi connectivity index (χ2n) is 4.87. The van der Waals surface area contributed by atoms with Crippen molar-refractivity contribution in [1.82, 2.24) is 10.2 Å². The van der Waals surface area contributed by atoms with Crippen molar-refractivity contribution in [2.75, 3.05) is 11.9 Å². The van der Waals surface area contributed by atoms with Crippen LogP contribution in [0.2, 0.25) is 0 Å². The smallest absolute Gasteiger partial charge is 0.148 e. The van der Waals surface area contributed by atoms with Crippen LogP contribution in [0.3, 0.4) is 0 Å². The molecule has 0 amide bonds. The number of rotatable bonds is 2. The standard InChI is InChI=1S/C12H19N3/c1-4-13-10-8-9-6-5-7-12(2,3)11(9)15-14-10/h8H,4-7H2,1-3H3,(H,13,14). The van der Waals surface area contributed by atoms with Gasteiger partial charge in [0.25, 0.3) is 0 Å². The van der Waals surface area contributed by atoms with E-state index in [1.807, 2.05) is 0 Å². The van der Waals surface area contributed by atoms with Crippen LogP contribution < -0.4 is 5.32 Å². The summed E-state index contributed by atoms with van der Waals surface area (Å²) in [5, 5.41) is 11.8. The molecule has 3 heteroatoms. The third-order valence-corrected chi connectivity index (χ3v) is 3.12. The molecule has 3 nitrogen and oxygen atoms in total. The van der Waals surface area contributed by atoms with Gasteiger partial charge in [0.2, 0.25) is 0 Å². The Morgan fingerprint density at radius 3 is 2.93 bits per heavy atom. The van der Waals surface area contributed by atoms with Crippen molar-refractivity contribution in [2.45, 2.75) is 45.4 Å². The highest BCUT2D eigenvalue weighted by Crippen LogP contribution is 2.35. The maximum absolute atomic E-state index is 4.38. The molecule has 0 bridgehead atoms. The van der Waals surface area contributed by atoms with Crippen LogP contribution in [0.25, 0.3) is 0 Å². The van der Waals surface area contributed by atoms with Gasteiger partial charge in [0, 0.05) is 12.0 Å². The van der Waals surface area contributed by atoms with Crippen LogP contribution in [-0.4, -0.2) is 16.7 Å². The molecule has 2 rings (SSSR count). The summed E-state index contributed by atoms with van der Waals surface area (Å²) in [5.41, 5.74) is 2.76. The molecule has 82 valence electrons. The number of hydrogen-bond acceptors (Lipinski definition) is 3. The molecular weight excluding hydrogens is 186 g/mol. The molecule has 0 atom stereocenters. The molecule has 0 aromatic carbocycles. The number of fused-ring (bicyclic) bond motifs is 1. The van der Waals surface area contributed by atoms with Crippen LogP contribution in [-0.2, 0) is 11.8 Å². The Labute approximate surface area is 91.3 Å². The van der Waals surface area contributed by atoms with E-state index in [2.05, 4.69) is 42.4 Å². The monoisotopic (exact) mass is 205 g/mol. The van der Waals surface area contributed by atoms with Crippen LogP contribution in [0, 0.1) is 0 Å². The molecule has 0 fully saturated rings. The van der Waals surface area contributed by atoms with E-state index >= 15 is 0 Å². The molecule has 1 aliphatic carbocycles. The van der Waals surface area contributed by atoms with Crippen molar-refractivity contribution in [2.24, 2.45) is 0 Å². The molecule has 1 N–H and O–H groups in total. The van der Waals surface area contributed by atoms with E-state index in [1.54, 1.807) is 0 Å². The lowest BCUT2D eigenvalue weighted by molar-refractivity contribution is 0.413. The molecule has 1 aromatic rings. The molecule has 1 aromatic heterocycles. The van der Waals surface area contributed by atoms with Gasteiger partial charge in [-0.15, -0.1) is 5.10 Å². The van der Waals surface area contributed by atoms with Crippen molar-refractivity contribution in [3.05, 3.63) is 17.3 Å². The fraction of sp³-hybridized carbons (Fsp3) is 0.667. The number of nitrogens with one attached hydrogen (secondary N) is 1. The maximum Gasteiger partial charge on any atom is 0.148 e. The summed E-state index contributed by atoms with van der Waals surface area (Å²) in [5.74, 6) is 0.911. The summed E-state index contributed by atoms with van der Waals surface area (Å²) < 4.78 is 0. The lowest BCUT2D eigenvalue weighted by Gasteiger charge is -2.30. The molecule has 0 spiro atoms. The normalized spacial score (nSPS) is 18.3. The van der Waals surface area contributed by atoms with E-state index < -0.39 is 0 Å². The van der Waals surface area contributed by atoms with Gasteiger partial charge in [-0.1, -0.05) is 13.8 Å². The van der Waals surface area contributed by atoms with Gasteiger partial charge in [0.05, 0.1) is 5.69 Å². The van der Waals surface area contributed by atoms with Crippen LogP contribution in [0.1, 0.15) is 44.9 Å². The molecule has 0 unspecified atom stereocenters. The minimum Gasteiger partial charge on any atom is -0.369 e. The summed E-state index contributed by atoms with van der Waals surface area (Å²) in [7, 11) is 0. The predicted octanol–water partition coefficient (Wildman–Crippen LogP) is 2.52. The Hall–Kier alpha value is -1.12. The minimum atomic E-state index is 0.200. The molecule has 1 heterocycles. The summed E-state index contributed by atoms with van der Waals surface area (Å²) in [6.07, 6.45) is 3.62. The Balaban J connectivity index is 2.36. The first kappa shape index (κ1) is 10.4. The highest BCUT2D eigenvalue weighted by Gasteiger charge is 2.29. The zero-order chi connectivity index (χ0) is 10.9. The second kappa shape index (κ2) is 3.80. The van der Waals surface area contributed by atoms with Gasteiger partial charge in [-0.05, 0) is 37.8 Å². The Morgan fingerprint density at radius 2 is 2.20 bits per heavy atom. The second-order valence-corrected chi connectivity index (χ2v) is 4.87. The molecule has 0 saturated carbocycles. The summed E-state index contributed by atoms with van der Waals surface area (Å²) in [6, 6.07) is 2.16. The first-order chi connectivity index (χ1) is 7.13. The van der Waals surface area contributed by atoms with Crippen molar-refractivity contribution < 1.29 is 0 Å². The van der Waals surface area contributed by atoms with E-state index in [9.17, 15) is 0 Å². The number of hydrogen-bond donors (Lipinski definition) is 1. The van der Waals surface area contributed by atoms with E-state index in [0.29, 0.717) is 0 Å². The van der Waals surface area contributed by atoms with Gasteiger partial charge in [0.1, 0.15) is 5.82 Å². The number of nitrogens with zero attached hydrogens (tertiary/aromatic N) is 2. The Bertz CT molecular complexity index is 358. The third kappa shape index (κ3) is 1.96. The fourth-order valence-electron chi connectivity index (χ4n) is 2.30. The lowest BCUT2D eigenvalue weighted by Crippen LogP contribution is -2.26. The Morgan fingerprint density at radius 1 is 1.40 bits per heavy atom. The number of anilines is 1. The Kier molecular flexibility index (Phi) is 2.63. The maximum atomic E-state index is 4.38. The fourth-order valence-corrected chi connectivity index (χ4v) is 2.30. The quantitative estimate of drug-likeness (QED) is 0.806. The zero-order valence-corrected chi connectivity index (χ0v) is 9.80. The van der Waals surface area contributed by atoms with E-state index in [0.717, 1.165) is 18.8 Å². The van der Waals surface area contributed by atoms with Gasteiger partial charge in [0.15, 0.2) is 0 Å². The highest BCUT2D eigenvalue weighted by atomic mass is 15.2. The lowest BCUT2D eigenvalue weighted by atomic mass is 9.76. The molecule has 1 aliphatic rings. The van der Waals surface area contributed by atoms with Gasteiger partial charge in [-0.3, -0.25) is 0 Å². The predicted molar refractivity (Wildman–Crippen MR) is 62.2 cm³/mol. The van der Waals surface area contributed by atoms with Gasteiger partial charge >= 0.3 is 0 Å². The van der Waals surface area contributed by atoms with Crippen LogP contribution >= 0.6 is 0 Å². The summed E-state index contributed by atoms with van der Waals surface area (Å²) in [6.45, 7) is 7.49. The SMILES string of the molecule is CCNc1cc2c(nn1)C(C)(C)CCC2. The number of aromatic nitrogens is 2. The van der Waals surface area contributed by atoms with E-state index in [4.69, 9.17) is 0 Å². The highest BCUT2D eigenvalue weighted by molar-refractivity contribution is 5.41. The van der Waals surface area contributed by atoms with Gasteiger partial charge in [-0.2, -0.15) is 5.10 Å². The molecule has 0 saturated heterocycles. The first-order valence-corrected chi connectivity index (χ1v) is 5.74. The van der Waals surface area contributed by atoms with Crippen LogP contribution in [0.5, 0.6) is 0 Å². The molecule has 0 aliphatic heterocycles. The van der Waals surface area contributed by atoms with Crippen molar-refractivity contribution in [3.63, 3.8) is 0 Å². The summed E-state index contributed by atoms with van der Waals surface area (Å²) >= 11 is 0. The molecule has 0 radical (unpaired) electrons. The third-order valence-electron chi connectivity index (χ3n) is 3.12. The van der Waals surface area contributed by atoms with Crippen LogP contribution in [0.15, 0.2) is 6.07 Å². The topological polar surface area (TPSA) is 37.8 Å². The zero-order valence-electron chi connectivity index (χ0n) is 9.80. The van der Waals surface area contributed by atoms with Gasteiger partial charge in [-0.25, -0.2) is 0 Å². The largest absolute Gasteiger partial charge is 0.369 e. The van der Waals surface area contributed by atoms with Crippen LogP contribution in [0.4, 0.5) is 5.82 Å². The van der Waals surface area contributed by atoms with Gasteiger partial charge < -0.3 is 5.32 Å². The molecule has 15 heavy (non-hydrogen) atoms. The number of aryl methyl sites for hydroxylation is 1. The first-order valence-electron chi connectivity index (χ1n) is 5.74. The van der Waals surface area contributed by atoms with E-state index in [1.165, 1.54) is 24.1 Å². The average Bonchev–Trinajstić information content (AvgIpc) is 2.17. The molecular formula is C12H19N3. The van der Waals surface area contributed by atoms with Crippen molar-refractivity contribution >= 4 is 5.82 Å². The average molecular weight is 205 g/mol.